The summed E-state index contributed by atoms with van der Waals surface area (Å²) in [6.45, 7) is 1.89. The van der Waals surface area contributed by atoms with Gasteiger partial charge >= 0.3 is 55.5 Å². The first-order chi connectivity index (χ1) is 4.38. The van der Waals surface area contributed by atoms with Crippen LogP contribution in [0.4, 0.5) is 0 Å². The molecule has 0 spiro atoms. The van der Waals surface area contributed by atoms with Crippen LogP contribution in [0.1, 0.15) is 6.92 Å². The van der Waals surface area contributed by atoms with E-state index in [-0.39, 0.29) is 0 Å². The fraction of sp³-hybridized carbons (Fsp3) is 0.250. The average molecular weight is 191 g/mol. The van der Waals surface area contributed by atoms with Crippen molar-refractivity contribution in [1.82, 2.24) is 0 Å². The number of hydrogen-bond acceptors (Lipinski definition) is 4. The number of hydrogen-bond donors (Lipinski definition) is 0. The Labute approximate surface area is 56.2 Å². The van der Waals surface area contributed by atoms with E-state index in [1.165, 1.54) is 0 Å². The quantitative estimate of drug-likeness (QED) is 0.491. The molecule has 2 rings (SSSR count). The monoisotopic (exact) mass is 192 g/mol. The van der Waals surface area contributed by atoms with Gasteiger partial charge in [0, 0.05) is 0 Å². The van der Waals surface area contributed by atoms with Crippen LogP contribution in [0.15, 0.2) is 10.3 Å². The molecule has 9 heavy (non-hydrogen) atoms. The topological polar surface area (TPSA) is 43.2 Å². The van der Waals surface area contributed by atoms with E-state index < -0.39 is 14.1 Å². The Bertz CT molecular complexity index is 243. The average Bonchev–Trinajstić information content (AvgIpc) is 2.35. The molecule has 0 N–H and O–H groups in total. The third-order valence-electron chi connectivity index (χ3n) is 1.06. The van der Waals surface area contributed by atoms with Crippen LogP contribution in [-0.2, 0) is 7.84 Å². The van der Waals surface area contributed by atoms with E-state index in [1.54, 1.807) is 6.21 Å². The van der Waals surface area contributed by atoms with Gasteiger partial charge in [-0.25, -0.2) is 0 Å². The van der Waals surface area contributed by atoms with Crippen molar-refractivity contribution in [1.29, 1.82) is 0 Å². The Morgan fingerprint density at radius 3 is 3.22 bits per heavy atom. The van der Waals surface area contributed by atoms with Gasteiger partial charge in [-0.2, -0.15) is 0 Å². The Morgan fingerprint density at radius 1 is 1.56 bits per heavy atom. The van der Waals surface area contributed by atoms with Gasteiger partial charge in [-0.05, 0) is 0 Å². The molecule has 0 amide bonds. The molecule has 4 nitrogen and oxygen atoms in total. The molecular formula is C4H4N2O2Se. The maximum absolute atomic E-state index is 4.92. The maximum atomic E-state index is 4.92. The fourth-order valence-electron chi connectivity index (χ4n) is 0.594. The van der Waals surface area contributed by atoms with Crippen molar-refractivity contribution in [3.05, 3.63) is 0 Å². The van der Waals surface area contributed by atoms with Crippen LogP contribution in [0.3, 0.4) is 0 Å². The van der Waals surface area contributed by atoms with Crippen molar-refractivity contribution in [3.8, 4) is 0 Å². The summed E-state index contributed by atoms with van der Waals surface area (Å²) in [6.07, 6.45) is 1.68. The number of nitrogens with zero attached hydrogens (tertiary/aromatic N) is 2. The van der Waals surface area contributed by atoms with Gasteiger partial charge in [0.15, 0.2) is 0 Å². The zero-order chi connectivity index (χ0) is 6.27. The van der Waals surface area contributed by atoms with Crippen LogP contribution in [0, 0.1) is 0 Å². The summed E-state index contributed by atoms with van der Waals surface area (Å²) in [7, 11) is 0. The molecule has 0 saturated carbocycles. The SMILES string of the molecule is CC1=NO[Se]2=C1C=NO2. The normalized spacial score (nSPS) is 29.2. The molecule has 0 aromatic carbocycles. The number of oxime groups is 2. The van der Waals surface area contributed by atoms with Gasteiger partial charge in [0.25, 0.3) is 0 Å². The van der Waals surface area contributed by atoms with Crippen LogP contribution < -0.4 is 0 Å². The van der Waals surface area contributed by atoms with Crippen molar-refractivity contribution in [2.24, 2.45) is 10.3 Å². The van der Waals surface area contributed by atoms with Gasteiger partial charge in [0.05, 0.1) is 0 Å². The van der Waals surface area contributed by atoms with E-state index >= 15 is 0 Å². The summed E-state index contributed by atoms with van der Waals surface area (Å²) >= 11 is -1.48. The van der Waals surface area contributed by atoms with Crippen LogP contribution in [0.25, 0.3) is 0 Å². The molecule has 0 saturated heterocycles. The Balaban J connectivity index is 2.44. The summed E-state index contributed by atoms with van der Waals surface area (Å²) in [4.78, 5) is 0. The summed E-state index contributed by atoms with van der Waals surface area (Å²) in [6, 6.07) is 0. The molecule has 0 fully saturated rings. The predicted molar refractivity (Wildman–Crippen MR) is 34.5 cm³/mol. The molecule has 0 aromatic heterocycles. The van der Waals surface area contributed by atoms with Gasteiger partial charge in [0.1, 0.15) is 0 Å². The molecule has 2 heterocycles. The van der Waals surface area contributed by atoms with Crippen molar-refractivity contribution >= 4 is 30.5 Å². The minimum atomic E-state index is -1.48. The molecule has 1 unspecified atom stereocenters. The molecule has 5 heteroatoms. The van der Waals surface area contributed by atoms with Crippen LogP contribution >= 0.6 is 0 Å². The first-order valence-corrected chi connectivity index (χ1v) is 4.68. The van der Waals surface area contributed by atoms with Crippen LogP contribution in [-0.4, -0.2) is 30.5 Å². The third-order valence-corrected chi connectivity index (χ3v) is 3.56. The summed E-state index contributed by atoms with van der Waals surface area (Å²) in [5.74, 6) is 0. The first-order valence-electron chi connectivity index (χ1n) is 2.42. The van der Waals surface area contributed by atoms with Gasteiger partial charge in [0.2, 0.25) is 0 Å². The van der Waals surface area contributed by atoms with Gasteiger partial charge in [-0.3, -0.25) is 0 Å². The standard InChI is InChI=1S/C4H4N2O2Se/c1-3-4-2-5-7-9(4)8-6-3/h2H,1H3. The molecule has 2 aliphatic rings. The second kappa shape index (κ2) is 1.65. The van der Waals surface area contributed by atoms with E-state index in [9.17, 15) is 0 Å². The molecular weight excluding hydrogens is 187 g/mol. The summed E-state index contributed by atoms with van der Waals surface area (Å²) < 4.78 is 10.8. The number of rotatable bonds is 0. The van der Waals surface area contributed by atoms with E-state index in [4.69, 9.17) is 7.84 Å². The second-order valence-corrected chi connectivity index (χ2v) is 4.19. The van der Waals surface area contributed by atoms with Gasteiger partial charge in [-0.15, -0.1) is 0 Å². The molecule has 0 bridgehead atoms. The predicted octanol–water partition coefficient (Wildman–Crippen LogP) is -0.349. The van der Waals surface area contributed by atoms with Crippen molar-refractivity contribution in [2.75, 3.05) is 0 Å². The van der Waals surface area contributed by atoms with Crippen LogP contribution in [0.2, 0.25) is 0 Å². The Kier molecular flexibility index (Phi) is 0.944. The fourth-order valence-corrected chi connectivity index (χ4v) is 2.47. The van der Waals surface area contributed by atoms with E-state index in [0.29, 0.717) is 0 Å². The van der Waals surface area contributed by atoms with E-state index in [0.717, 1.165) is 10.1 Å². The Hall–Kier alpha value is -0.671. The molecule has 0 aliphatic carbocycles. The Morgan fingerprint density at radius 2 is 2.44 bits per heavy atom. The first kappa shape index (κ1) is 5.14. The minimum absolute atomic E-state index is 0.904. The molecule has 0 aromatic rings. The summed E-state index contributed by atoms with van der Waals surface area (Å²) in [5, 5.41) is 7.35. The molecule has 0 radical (unpaired) electrons. The van der Waals surface area contributed by atoms with E-state index in [1.807, 2.05) is 6.92 Å². The van der Waals surface area contributed by atoms with Crippen molar-refractivity contribution < 1.29 is 7.84 Å². The third kappa shape index (κ3) is 0.620. The van der Waals surface area contributed by atoms with Crippen molar-refractivity contribution in [2.45, 2.75) is 6.92 Å². The van der Waals surface area contributed by atoms with Crippen molar-refractivity contribution in [3.63, 3.8) is 0 Å². The molecule has 2 aliphatic heterocycles. The molecule has 48 valence electrons. The summed E-state index contributed by atoms with van der Waals surface area (Å²) in [5.41, 5.74) is 0.904. The van der Waals surface area contributed by atoms with Crippen LogP contribution in [0.5, 0.6) is 0 Å². The molecule has 1 atom stereocenters. The zero-order valence-corrected chi connectivity index (χ0v) is 6.41. The van der Waals surface area contributed by atoms with Gasteiger partial charge < -0.3 is 0 Å². The van der Waals surface area contributed by atoms with E-state index in [2.05, 4.69) is 10.3 Å². The zero-order valence-electron chi connectivity index (χ0n) is 4.70. The second-order valence-electron chi connectivity index (χ2n) is 1.66. The van der Waals surface area contributed by atoms with Gasteiger partial charge in [-0.1, -0.05) is 0 Å².